The van der Waals surface area contributed by atoms with Gasteiger partial charge in [-0.25, -0.2) is 4.57 Å². The number of carbonyl (C=O) groups excluding carboxylic acids is 2. The Bertz CT molecular complexity index is 859. The van der Waals surface area contributed by atoms with Crippen LogP contribution in [-0.2, 0) is 32.7 Å². The summed E-state index contributed by atoms with van der Waals surface area (Å²) in [6.07, 6.45) is 39.4. The Kier molecular flexibility index (Phi) is 35.2. The van der Waals surface area contributed by atoms with Crippen molar-refractivity contribution in [3.63, 3.8) is 0 Å². The molecule has 0 saturated heterocycles. The largest absolute Gasteiger partial charge is 0.472 e. The molecular weight excluding hydrogens is 639 g/mol. The van der Waals surface area contributed by atoms with E-state index in [0.29, 0.717) is 6.42 Å². The van der Waals surface area contributed by atoms with Gasteiger partial charge in [0.25, 0.3) is 0 Å². The maximum Gasteiger partial charge on any atom is 0.472 e. The standard InChI is InChI=1S/C40H75O8P/c1-4-6-8-10-12-14-16-18-20-22-24-26-28-30-32-34-39(41)46-36-38(37-47-49(43,44)45-3)48-40(42)35-33-31-29-27-25-23-21-19-17-15-13-11-9-7-5-2/h18-21,38H,4-17,22-37H2,1-3H3,(H,43,44)/b20-18-,21-19-. The average molecular weight is 715 g/mol. The molecule has 0 rings (SSSR count). The molecule has 2 atom stereocenters. The molecule has 0 aliphatic heterocycles. The maximum atomic E-state index is 12.5. The molecule has 0 aromatic carbocycles. The Balaban J connectivity index is 4.05. The van der Waals surface area contributed by atoms with Gasteiger partial charge in [-0.1, -0.05) is 141 Å². The Morgan fingerprint density at radius 2 is 0.918 bits per heavy atom. The van der Waals surface area contributed by atoms with Crippen LogP contribution in [0.5, 0.6) is 0 Å². The van der Waals surface area contributed by atoms with E-state index in [4.69, 9.17) is 14.0 Å². The van der Waals surface area contributed by atoms with E-state index >= 15 is 0 Å². The number of allylic oxidation sites excluding steroid dienone is 4. The summed E-state index contributed by atoms with van der Waals surface area (Å²) in [6, 6.07) is 0. The summed E-state index contributed by atoms with van der Waals surface area (Å²) in [7, 11) is -3.20. The highest BCUT2D eigenvalue weighted by Gasteiger charge is 2.24. The van der Waals surface area contributed by atoms with Gasteiger partial charge < -0.3 is 14.4 Å². The highest BCUT2D eigenvalue weighted by atomic mass is 31.2. The van der Waals surface area contributed by atoms with Gasteiger partial charge in [0.15, 0.2) is 6.10 Å². The smallest absolute Gasteiger partial charge is 0.462 e. The van der Waals surface area contributed by atoms with Crippen LogP contribution in [0.2, 0.25) is 0 Å². The van der Waals surface area contributed by atoms with E-state index in [1.807, 2.05) is 0 Å². The van der Waals surface area contributed by atoms with Crippen molar-refractivity contribution in [3.05, 3.63) is 24.3 Å². The Hall–Kier alpha value is -1.47. The summed E-state index contributed by atoms with van der Waals surface area (Å²) >= 11 is 0. The first-order valence-corrected chi connectivity index (χ1v) is 21.5. The van der Waals surface area contributed by atoms with Crippen LogP contribution < -0.4 is 0 Å². The minimum absolute atomic E-state index is 0.230. The van der Waals surface area contributed by atoms with Crippen molar-refractivity contribution in [2.45, 2.75) is 200 Å². The molecule has 288 valence electrons. The van der Waals surface area contributed by atoms with Gasteiger partial charge in [0.05, 0.1) is 6.61 Å². The van der Waals surface area contributed by atoms with Gasteiger partial charge in [0.1, 0.15) is 6.61 Å². The average Bonchev–Trinajstić information content (AvgIpc) is 3.09. The fourth-order valence-electron chi connectivity index (χ4n) is 5.53. The van der Waals surface area contributed by atoms with Crippen LogP contribution >= 0.6 is 7.82 Å². The molecule has 0 fully saturated rings. The summed E-state index contributed by atoms with van der Waals surface area (Å²) in [5.41, 5.74) is 0. The number of carbonyl (C=O) groups is 2. The van der Waals surface area contributed by atoms with Crippen LogP contribution in [0.3, 0.4) is 0 Å². The van der Waals surface area contributed by atoms with Crippen LogP contribution in [0.25, 0.3) is 0 Å². The summed E-state index contributed by atoms with van der Waals surface area (Å²) in [4.78, 5) is 34.4. The van der Waals surface area contributed by atoms with Crippen molar-refractivity contribution in [2.24, 2.45) is 0 Å². The Morgan fingerprint density at radius 3 is 1.33 bits per heavy atom. The zero-order chi connectivity index (χ0) is 36.1. The topological polar surface area (TPSA) is 108 Å². The van der Waals surface area contributed by atoms with Gasteiger partial charge in [-0.05, 0) is 64.2 Å². The molecule has 0 bridgehead atoms. The second-order valence-electron chi connectivity index (χ2n) is 13.4. The van der Waals surface area contributed by atoms with E-state index in [0.717, 1.165) is 77.7 Å². The normalized spacial score (nSPS) is 13.6. The van der Waals surface area contributed by atoms with Crippen molar-refractivity contribution < 1.29 is 37.6 Å². The number of phosphoric acid groups is 1. The van der Waals surface area contributed by atoms with Gasteiger partial charge in [0.2, 0.25) is 0 Å². The summed E-state index contributed by atoms with van der Waals surface area (Å²) < 4.78 is 31.9. The molecule has 49 heavy (non-hydrogen) atoms. The zero-order valence-corrected chi connectivity index (χ0v) is 32.7. The number of esters is 2. The molecule has 0 aliphatic rings. The molecule has 0 aromatic rings. The van der Waals surface area contributed by atoms with Gasteiger partial charge in [-0.15, -0.1) is 0 Å². The quantitative estimate of drug-likeness (QED) is 0.0293. The molecule has 1 N–H and O–H groups in total. The second-order valence-corrected chi connectivity index (χ2v) is 15.0. The molecular formula is C40H75O8P. The number of unbranched alkanes of at least 4 members (excludes halogenated alkanes) is 22. The lowest BCUT2D eigenvalue weighted by atomic mass is 10.1. The lowest BCUT2D eigenvalue weighted by Crippen LogP contribution is -2.29. The van der Waals surface area contributed by atoms with Gasteiger partial charge in [-0.2, -0.15) is 0 Å². The number of hydrogen-bond donors (Lipinski definition) is 1. The van der Waals surface area contributed by atoms with Crippen LogP contribution in [0, 0.1) is 0 Å². The van der Waals surface area contributed by atoms with E-state index < -0.39 is 26.5 Å². The lowest BCUT2D eigenvalue weighted by molar-refractivity contribution is -0.161. The molecule has 0 heterocycles. The molecule has 0 aliphatic carbocycles. The highest BCUT2D eigenvalue weighted by Crippen LogP contribution is 2.42. The van der Waals surface area contributed by atoms with E-state index in [1.165, 1.54) is 89.9 Å². The van der Waals surface area contributed by atoms with Crippen LogP contribution in [-0.4, -0.2) is 43.3 Å². The molecule has 0 radical (unpaired) electrons. The van der Waals surface area contributed by atoms with Crippen molar-refractivity contribution >= 4 is 19.8 Å². The lowest BCUT2D eigenvalue weighted by Gasteiger charge is -2.19. The highest BCUT2D eigenvalue weighted by molar-refractivity contribution is 7.47. The zero-order valence-electron chi connectivity index (χ0n) is 31.9. The van der Waals surface area contributed by atoms with E-state index in [9.17, 15) is 19.0 Å². The summed E-state index contributed by atoms with van der Waals surface area (Å²) in [5, 5.41) is 0. The first-order valence-electron chi connectivity index (χ1n) is 20.0. The molecule has 2 unspecified atom stereocenters. The van der Waals surface area contributed by atoms with Crippen LogP contribution in [0.15, 0.2) is 24.3 Å². The first-order chi connectivity index (χ1) is 23.8. The third kappa shape index (κ3) is 36.1. The van der Waals surface area contributed by atoms with Crippen molar-refractivity contribution in [1.82, 2.24) is 0 Å². The fraction of sp³-hybridized carbons (Fsp3) is 0.850. The second kappa shape index (κ2) is 36.3. The molecule has 9 heteroatoms. The van der Waals surface area contributed by atoms with Gasteiger partial charge in [0, 0.05) is 20.0 Å². The summed E-state index contributed by atoms with van der Waals surface area (Å²) in [5.74, 6) is -0.820. The molecule has 0 spiro atoms. The third-order valence-corrected chi connectivity index (χ3v) is 9.60. The number of ether oxygens (including phenoxy) is 2. The van der Waals surface area contributed by atoms with Gasteiger partial charge >= 0.3 is 19.8 Å². The van der Waals surface area contributed by atoms with Crippen molar-refractivity contribution in [3.8, 4) is 0 Å². The molecule has 8 nitrogen and oxygen atoms in total. The number of phosphoric ester groups is 1. The van der Waals surface area contributed by atoms with Gasteiger partial charge in [-0.3, -0.25) is 18.6 Å². The maximum absolute atomic E-state index is 12.5. The minimum atomic E-state index is -4.26. The number of rotatable bonds is 37. The third-order valence-electron chi connectivity index (χ3n) is 8.67. The predicted molar refractivity (Wildman–Crippen MR) is 203 cm³/mol. The Morgan fingerprint density at radius 1 is 0.551 bits per heavy atom. The molecule has 0 amide bonds. The summed E-state index contributed by atoms with van der Waals surface area (Å²) in [6.45, 7) is 3.86. The van der Waals surface area contributed by atoms with E-state index in [1.54, 1.807) is 0 Å². The van der Waals surface area contributed by atoms with Crippen LogP contribution in [0.4, 0.5) is 0 Å². The van der Waals surface area contributed by atoms with E-state index in [2.05, 4.69) is 42.7 Å². The fourth-order valence-corrected chi connectivity index (χ4v) is 5.99. The predicted octanol–water partition coefficient (Wildman–Crippen LogP) is 12.3. The van der Waals surface area contributed by atoms with Crippen LogP contribution in [0.1, 0.15) is 194 Å². The Labute approximate surface area is 301 Å². The van der Waals surface area contributed by atoms with Crippen molar-refractivity contribution in [1.29, 1.82) is 0 Å². The first kappa shape index (κ1) is 47.5. The van der Waals surface area contributed by atoms with Crippen molar-refractivity contribution in [2.75, 3.05) is 20.3 Å². The SMILES string of the molecule is CCCCCCCC/C=C\CCCCCCCC(=O)OCC(COP(=O)(O)OC)OC(=O)CCCCCCC/C=C\CCCCCCCC. The minimum Gasteiger partial charge on any atom is -0.462 e. The molecule has 0 aromatic heterocycles. The van der Waals surface area contributed by atoms with E-state index in [-0.39, 0.29) is 25.4 Å². The number of hydrogen-bond acceptors (Lipinski definition) is 7. The monoisotopic (exact) mass is 715 g/mol. The molecule has 0 saturated carbocycles.